The minimum absolute atomic E-state index is 0.0433. The van der Waals surface area contributed by atoms with Crippen LogP contribution in [0.2, 0.25) is 0 Å². The summed E-state index contributed by atoms with van der Waals surface area (Å²) in [5.74, 6) is -1.08. The van der Waals surface area contributed by atoms with E-state index in [-0.39, 0.29) is 18.7 Å². The van der Waals surface area contributed by atoms with Crippen LogP contribution in [0.5, 0.6) is 5.75 Å². The van der Waals surface area contributed by atoms with Crippen molar-refractivity contribution in [1.82, 2.24) is 10.2 Å². The zero-order valence-electron chi connectivity index (χ0n) is 18.5. The molecule has 0 radical (unpaired) electrons. The van der Waals surface area contributed by atoms with Crippen molar-refractivity contribution in [2.24, 2.45) is 11.3 Å². The zero-order chi connectivity index (χ0) is 22.8. The van der Waals surface area contributed by atoms with E-state index >= 15 is 0 Å². The number of nitrogens with one attached hydrogen (secondary N) is 1. The molecule has 8 nitrogen and oxygen atoms in total. The minimum atomic E-state index is -1.44. The van der Waals surface area contributed by atoms with Gasteiger partial charge in [0.05, 0.1) is 13.2 Å². The van der Waals surface area contributed by atoms with Gasteiger partial charge in [0.15, 0.2) is 0 Å². The maximum Gasteiger partial charge on any atom is 0.306 e. The number of likely N-dealkylation sites (tertiary alicyclic amines) is 1. The van der Waals surface area contributed by atoms with E-state index in [1.54, 1.807) is 32.8 Å². The molecule has 8 heteroatoms. The number of aldehydes is 1. The van der Waals surface area contributed by atoms with Crippen molar-refractivity contribution in [1.29, 1.82) is 0 Å². The molecule has 2 heterocycles. The van der Waals surface area contributed by atoms with E-state index in [0.717, 1.165) is 5.56 Å². The number of carbonyl (C=O) groups excluding carboxylic acids is 4. The number of hydrogen-bond acceptors (Lipinski definition) is 6. The van der Waals surface area contributed by atoms with Crippen molar-refractivity contribution in [3.05, 3.63) is 29.8 Å². The van der Waals surface area contributed by atoms with Gasteiger partial charge in [0, 0.05) is 19.5 Å². The third-order valence-corrected chi connectivity index (χ3v) is 5.91. The Kier molecular flexibility index (Phi) is 6.38. The summed E-state index contributed by atoms with van der Waals surface area (Å²) in [5.41, 5.74) is -1.19. The molecular formula is C23H30N2O6. The number of esters is 1. The number of benzene rings is 1. The summed E-state index contributed by atoms with van der Waals surface area (Å²) in [4.78, 5) is 52.1. The Morgan fingerprint density at radius 1 is 1.26 bits per heavy atom. The van der Waals surface area contributed by atoms with Crippen LogP contribution < -0.4 is 10.1 Å². The van der Waals surface area contributed by atoms with Crippen LogP contribution >= 0.6 is 0 Å². The minimum Gasteiger partial charge on any atom is -0.497 e. The van der Waals surface area contributed by atoms with E-state index in [1.165, 1.54) is 0 Å². The molecule has 168 valence electrons. The lowest BCUT2D eigenvalue weighted by Crippen LogP contribution is -2.57. The number of amides is 2. The average Bonchev–Trinajstić information content (AvgIpc) is 3.04. The van der Waals surface area contributed by atoms with Gasteiger partial charge in [-0.1, -0.05) is 12.1 Å². The Balaban J connectivity index is 1.84. The molecular weight excluding hydrogens is 400 g/mol. The number of nitrogens with zero attached hydrogens (tertiary/aromatic N) is 1. The molecule has 0 saturated carbocycles. The monoisotopic (exact) mass is 430 g/mol. The first-order chi connectivity index (χ1) is 14.6. The largest absolute Gasteiger partial charge is 0.497 e. The summed E-state index contributed by atoms with van der Waals surface area (Å²) >= 11 is 0. The van der Waals surface area contributed by atoms with Crippen molar-refractivity contribution < 1.29 is 28.7 Å². The van der Waals surface area contributed by atoms with Crippen molar-refractivity contribution in [3.8, 4) is 5.75 Å². The molecule has 2 amide bonds. The highest BCUT2D eigenvalue weighted by molar-refractivity contribution is 6.09. The number of carbonyl (C=O) groups is 4. The summed E-state index contributed by atoms with van der Waals surface area (Å²) in [7, 11) is 1.58. The van der Waals surface area contributed by atoms with Gasteiger partial charge >= 0.3 is 5.97 Å². The Morgan fingerprint density at radius 2 is 1.94 bits per heavy atom. The fraction of sp³-hybridized carbons (Fsp3) is 0.565. The van der Waals surface area contributed by atoms with E-state index in [1.807, 2.05) is 24.3 Å². The Morgan fingerprint density at radius 3 is 2.48 bits per heavy atom. The molecule has 2 fully saturated rings. The predicted molar refractivity (Wildman–Crippen MR) is 112 cm³/mol. The Hall–Kier alpha value is -2.90. The molecule has 2 aliphatic rings. The molecule has 0 bridgehead atoms. The van der Waals surface area contributed by atoms with Crippen LogP contribution in [-0.2, 0) is 30.5 Å². The van der Waals surface area contributed by atoms with Crippen LogP contribution in [0, 0.1) is 11.3 Å². The summed E-state index contributed by atoms with van der Waals surface area (Å²) < 4.78 is 10.6. The van der Waals surface area contributed by atoms with Gasteiger partial charge in [0.2, 0.25) is 11.8 Å². The highest BCUT2D eigenvalue weighted by Crippen LogP contribution is 2.46. The lowest BCUT2D eigenvalue weighted by molar-refractivity contribution is -0.164. The van der Waals surface area contributed by atoms with Crippen LogP contribution in [0.25, 0.3) is 0 Å². The van der Waals surface area contributed by atoms with Gasteiger partial charge in [0.1, 0.15) is 23.1 Å². The zero-order valence-corrected chi connectivity index (χ0v) is 18.5. The SMILES string of the molecule is COc1ccc(CN2CC[C@@H](CC(=O)OC(C)(C)C)[C@]3(C[C@H](C=O)NC3=O)C2=O)cc1. The van der Waals surface area contributed by atoms with Gasteiger partial charge in [-0.2, -0.15) is 0 Å². The topological polar surface area (TPSA) is 102 Å². The number of piperidine rings is 1. The van der Waals surface area contributed by atoms with Crippen LogP contribution in [0.1, 0.15) is 45.6 Å². The number of hydrogen-bond donors (Lipinski definition) is 1. The molecule has 2 aliphatic heterocycles. The summed E-state index contributed by atoms with van der Waals surface area (Å²) in [5, 5.41) is 2.62. The fourth-order valence-corrected chi connectivity index (χ4v) is 4.49. The van der Waals surface area contributed by atoms with E-state index < -0.39 is 34.9 Å². The maximum absolute atomic E-state index is 13.6. The number of methoxy groups -OCH3 is 1. The first-order valence-electron chi connectivity index (χ1n) is 10.5. The average molecular weight is 431 g/mol. The van der Waals surface area contributed by atoms with E-state index in [4.69, 9.17) is 9.47 Å². The predicted octanol–water partition coefficient (Wildman–Crippen LogP) is 1.85. The van der Waals surface area contributed by atoms with Crippen molar-refractivity contribution in [3.63, 3.8) is 0 Å². The molecule has 3 rings (SSSR count). The third kappa shape index (κ3) is 4.73. The van der Waals surface area contributed by atoms with Crippen molar-refractivity contribution in [2.75, 3.05) is 13.7 Å². The van der Waals surface area contributed by atoms with E-state index in [0.29, 0.717) is 31.5 Å². The molecule has 31 heavy (non-hydrogen) atoms. The van der Waals surface area contributed by atoms with Crippen LogP contribution in [0.3, 0.4) is 0 Å². The lowest BCUT2D eigenvalue weighted by Gasteiger charge is -2.43. The van der Waals surface area contributed by atoms with Gasteiger partial charge < -0.3 is 24.5 Å². The lowest BCUT2D eigenvalue weighted by atomic mass is 9.67. The summed E-state index contributed by atoms with van der Waals surface area (Å²) in [6, 6.07) is 6.63. The standard InChI is InChI=1S/C23H30N2O6/c1-22(2,3)31-19(27)11-16-9-10-25(13-15-5-7-18(30-4)8-6-15)21(29)23(16)12-17(14-26)24-20(23)28/h5-8,14,16-17H,9-13H2,1-4H3,(H,24,28)/t16-,17+,23-/m0/s1. The highest BCUT2D eigenvalue weighted by atomic mass is 16.6. The first kappa shape index (κ1) is 22.8. The van der Waals surface area contributed by atoms with E-state index in [2.05, 4.69) is 5.32 Å². The summed E-state index contributed by atoms with van der Waals surface area (Å²) in [6.07, 6.45) is 1.13. The second-order valence-electron chi connectivity index (χ2n) is 9.24. The van der Waals surface area contributed by atoms with Crippen LogP contribution in [0.4, 0.5) is 0 Å². The van der Waals surface area contributed by atoms with Gasteiger partial charge in [-0.05, 0) is 57.2 Å². The molecule has 0 unspecified atom stereocenters. The molecule has 2 saturated heterocycles. The quantitative estimate of drug-likeness (QED) is 0.420. The van der Waals surface area contributed by atoms with E-state index in [9.17, 15) is 19.2 Å². The number of ether oxygens (including phenoxy) is 2. The van der Waals surface area contributed by atoms with Crippen molar-refractivity contribution in [2.45, 2.75) is 58.2 Å². The first-order valence-corrected chi connectivity index (χ1v) is 10.5. The van der Waals surface area contributed by atoms with Gasteiger partial charge in [-0.15, -0.1) is 0 Å². The molecule has 3 atom stereocenters. The molecule has 1 aromatic rings. The molecule has 0 aromatic heterocycles. The van der Waals surface area contributed by atoms with Gasteiger partial charge in [-0.3, -0.25) is 14.4 Å². The van der Waals surface area contributed by atoms with Crippen molar-refractivity contribution >= 4 is 24.1 Å². The fourth-order valence-electron chi connectivity index (χ4n) is 4.49. The van der Waals surface area contributed by atoms with Gasteiger partial charge in [-0.25, -0.2) is 0 Å². The second-order valence-corrected chi connectivity index (χ2v) is 9.24. The van der Waals surface area contributed by atoms with Gasteiger partial charge in [0.25, 0.3) is 0 Å². The molecule has 1 N–H and O–H groups in total. The molecule has 1 aromatic carbocycles. The molecule has 0 aliphatic carbocycles. The van der Waals surface area contributed by atoms with Crippen LogP contribution in [0.15, 0.2) is 24.3 Å². The third-order valence-electron chi connectivity index (χ3n) is 5.91. The second kappa shape index (κ2) is 8.69. The highest BCUT2D eigenvalue weighted by Gasteiger charge is 2.60. The maximum atomic E-state index is 13.6. The Bertz CT molecular complexity index is 860. The summed E-state index contributed by atoms with van der Waals surface area (Å²) in [6.45, 7) is 6.07. The smallest absolute Gasteiger partial charge is 0.306 e. The molecule has 1 spiro atoms. The Labute approximate surface area is 182 Å². The van der Waals surface area contributed by atoms with Crippen LogP contribution in [-0.4, -0.2) is 54.3 Å². The normalized spacial score (nSPS) is 26.0. The number of rotatable bonds is 6.